The first-order chi connectivity index (χ1) is 7.45. The Balaban J connectivity index is 1.49. The second kappa shape index (κ2) is 4.47. The second-order valence-electron chi connectivity index (χ2n) is 6.36. The molecular weight excluding hydrogens is 180 g/mol. The molecule has 0 heteroatoms. The quantitative estimate of drug-likeness (QED) is 0.610. The Hall–Kier alpha value is 0. The SMILES string of the molecule is C1CCC([C@H]2C[C@H]2C2CCCCC2)CC1. The van der Waals surface area contributed by atoms with Crippen molar-refractivity contribution in [1.29, 1.82) is 0 Å². The molecule has 0 nitrogen and oxygen atoms in total. The van der Waals surface area contributed by atoms with Crippen molar-refractivity contribution in [2.45, 2.75) is 70.6 Å². The van der Waals surface area contributed by atoms with E-state index in [1.165, 1.54) is 24.7 Å². The van der Waals surface area contributed by atoms with Crippen LogP contribution in [0.4, 0.5) is 0 Å². The first-order valence-electron chi connectivity index (χ1n) is 7.45. The molecule has 3 rings (SSSR count). The van der Waals surface area contributed by atoms with Crippen LogP contribution >= 0.6 is 0 Å². The van der Waals surface area contributed by atoms with Crippen LogP contribution in [0.2, 0.25) is 0 Å². The molecule has 0 aromatic heterocycles. The summed E-state index contributed by atoms with van der Waals surface area (Å²) in [5, 5.41) is 0. The maximum absolute atomic E-state index is 1.62. The molecule has 0 aromatic rings. The molecule has 0 saturated heterocycles. The predicted octanol–water partition coefficient (Wildman–Crippen LogP) is 4.78. The maximum Gasteiger partial charge on any atom is -0.0352 e. The van der Waals surface area contributed by atoms with Crippen LogP contribution in [0, 0.1) is 23.7 Å². The Morgan fingerprint density at radius 2 is 0.867 bits per heavy atom. The summed E-state index contributed by atoms with van der Waals surface area (Å²) >= 11 is 0. The molecule has 15 heavy (non-hydrogen) atoms. The summed E-state index contributed by atoms with van der Waals surface area (Å²) in [4.78, 5) is 0. The minimum Gasteiger partial charge on any atom is -0.0533 e. The van der Waals surface area contributed by atoms with Crippen LogP contribution in [0.15, 0.2) is 0 Å². The van der Waals surface area contributed by atoms with Gasteiger partial charge in [-0.3, -0.25) is 0 Å². The van der Waals surface area contributed by atoms with E-state index in [9.17, 15) is 0 Å². The minimum atomic E-state index is 1.16. The fourth-order valence-corrected chi connectivity index (χ4v) is 4.44. The van der Waals surface area contributed by atoms with Gasteiger partial charge in [-0.1, -0.05) is 64.2 Å². The van der Waals surface area contributed by atoms with E-state index < -0.39 is 0 Å². The summed E-state index contributed by atoms with van der Waals surface area (Å²) in [6, 6.07) is 0. The van der Waals surface area contributed by atoms with Crippen LogP contribution in [-0.4, -0.2) is 0 Å². The third-order valence-corrected chi connectivity index (χ3v) is 5.40. The Bertz CT molecular complexity index is 174. The van der Waals surface area contributed by atoms with E-state index in [1.807, 2.05) is 0 Å². The summed E-state index contributed by atoms with van der Waals surface area (Å²) in [6.07, 6.45) is 17.1. The lowest BCUT2D eigenvalue weighted by Gasteiger charge is -2.25. The average Bonchev–Trinajstić information content (AvgIpc) is 3.11. The molecule has 3 fully saturated rings. The van der Waals surface area contributed by atoms with Crippen LogP contribution in [0.25, 0.3) is 0 Å². The first-order valence-corrected chi connectivity index (χ1v) is 7.45. The van der Waals surface area contributed by atoms with Gasteiger partial charge in [0, 0.05) is 0 Å². The lowest BCUT2D eigenvalue weighted by atomic mass is 9.80. The molecule has 0 spiro atoms. The standard InChI is InChI=1S/C15H26/c1-3-7-12(8-4-1)14-11-15(14)13-9-5-2-6-10-13/h12-15H,1-11H2/t14-,15+. The van der Waals surface area contributed by atoms with Crippen molar-refractivity contribution in [2.24, 2.45) is 23.7 Å². The van der Waals surface area contributed by atoms with Gasteiger partial charge in [0.2, 0.25) is 0 Å². The largest absolute Gasteiger partial charge is 0.0533 e. The summed E-state index contributed by atoms with van der Waals surface area (Å²) < 4.78 is 0. The fraction of sp³-hybridized carbons (Fsp3) is 1.00. The van der Waals surface area contributed by atoms with Crippen LogP contribution in [0.3, 0.4) is 0 Å². The normalized spacial score (nSPS) is 39.2. The van der Waals surface area contributed by atoms with Gasteiger partial charge in [-0.05, 0) is 30.1 Å². The third kappa shape index (κ3) is 2.24. The zero-order valence-electron chi connectivity index (χ0n) is 10.1. The molecule has 0 unspecified atom stereocenters. The van der Waals surface area contributed by atoms with E-state index in [1.54, 1.807) is 57.8 Å². The highest BCUT2D eigenvalue weighted by molar-refractivity contribution is 4.96. The molecule has 3 aliphatic rings. The topological polar surface area (TPSA) is 0 Å². The summed E-state index contributed by atoms with van der Waals surface area (Å²) in [5.41, 5.74) is 0. The van der Waals surface area contributed by atoms with E-state index in [2.05, 4.69) is 0 Å². The van der Waals surface area contributed by atoms with Gasteiger partial charge in [-0.15, -0.1) is 0 Å². The second-order valence-corrected chi connectivity index (χ2v) is 6.36. The highest BCUT2D eigenvalue weighted by Crippen LogP contribution is 2.55. The number of rotatable bonds is 2. The van der Waals surface area contributed by atoms with Gasteiger partial charge in [-0.2, -0.15) is 0 Å². The Labute approximate surface area is 94.8 Å². The Morgan fingerprint density at radius 1 is 0.467 bits per heavy atom. The van der Waals surface area contributed by atoms with Crippen LogP contribution in [0.1, 0.15) is 70.6 Å². The minimum absolute atomic E-state index is 1.16. The molecular formula is C15H26. The van der Waals surface area contributed by atoms with Gasteiger partial charge in [0.15, 0.2) is 0 Å². The average molecular weight is 206 g/mol. The monoisotopic (exact) mass is 206 g/mol. The molecule has 0 bridgehead atoms. The lowest BCUT2D eigenvalue weighted by molar-refractivity contribution is 0.258. The smallest absolute Gasteiger partial charge is 0.0352 e. The van der Waals surface area contributed by atoms with Gasteiger partial charge in [0.05, 0.1) is 0 Å². The van der Waals surface area contributed by atoms with Crippen molar-refractivity contribution in [2.75, 3.05) is 0 Å². The van der Waals surface area contributed by atoms with E-state index in [0.29, 0.717) is 0 Å². The number of hydrogen-bond donors (Lipinski definition) is 0. The van der Waals surface area contributed by atoms with Gasteiger partial charge in [0.1, 0.15) is 0 Å². The van der Waals surface area contributed by atoms with E-state index in [0.717, 1.165) is 11.8 Å². The molecule has 86 valence electrons. The fourth-order valence-electron chi connectivity index (χ4n) is 4.44. The summed E-state index contributed by atoms with van der Waals surface area (Å²) in [5.74, 6) is 4.69. The zero-order chi connectivity index (χ0) is 10.1. The van der Waals surface area contributed by atoms with E-state index >= 15 is 0 Å². The van der Waals surface area contributed by atoms with Crippen molar-refractivity contribution < 1.29 is 0 Å². The molecule has 0 heterocycles. The Kier molecular flexibility index (Phi) is 3.03. The van der Waals surface area contributed by atoms with Gasteiger partial charge < -0.3 is 0 Å². The maximum atomic E-state index is 1.62. The predicted molar refractivity (Wildman–Crippen MR) is 64.7 cm³/mol. The highest BCUT2D eigenvalue weighted by Gasteiger charge is 2.46. The van der Waals surface area contributed by atoms with Crippen molar-refractivity contribution in [3.8, 4) is 0 Å². The van der Waals surface area contributed by atoms with Crippen molar-refractivity contribution in [3.05, 3.63) is 0 Å². The van der Waals surface area contributed by atoms with E-state index in [-0.39, 0.29) is 0 Å². The third-order valence-electron chi connectivity index (χ3n) is 5.40. The van der Waals surface area contributed by atoms with Crippen LogP contribution < -0.4 is 0 Å². The van der Waals surface area contributed by atoms with Crippen LogP contribution in [-0.2, 0) is 0 Å². The summed E-state index contributed by atoms with van der Waals surface area (Å²) in [7, 11) is 0. The first kappa shape index (κ1) is 10.2. The van der Waals surface area contributed by atoms with Gasteiger partial charge in [0.25, 0.3) is 0 Å². The van der Waals surface area contributed by atoms with Crippen molar-refractivity contribution in [1.82, 2.24) is 0 Å². The van der Waals surface area contributed by atoms with Crippen LogP contribution in [0.5, 0.6) is 0 Å². The molecule has 0 aliphatic heterocycles. The zero-order valence-corrected chi connectivity index (χ0v) is 10.1. The molecule has 3 saturated carbocycles. The molecule has 0 aromatic carbocycles. The molecule has 0 radical (unpaired) electrons. The lowest BCUT2D eigenvalue weighted by Crippen LogP contribution is -2.14. The van der Waals surface area contributed by atoms with Gasteiger partial charge >= 0.3 is 0 Å². The van der Waals surface area contributed by atoms with Crippen molar-refractivity contribution >= 4 is 0 Å². The Morgan fingerprint density at radius 3 is 1.27 bits per heavy atom. The number of hydrogen-bond acceptors (Lipinski definition) is 0. The molecule has 2 atom stereocenters. The molecule has 0 N–H and O–H groups in total. The van der Waals surface area contributed by atoms with E-state index in [4.69, 9.17) is 0 Å². The molecule has 3 aliphatic carbocycles. The van der Waals surface area contributed by atoms with Gasteiger partial charge in [-0.25, -0.2) is 0 Å². The molecule has 0 amide bonds. The summed E-state index contributed by atoms with van der Waals surface area (Å²) in [6.45, 7) is 0. The van der Waals surface area contributed by atoms with Crippen molar-refractivity contribution in [3.63, 3.8) is 0 Å². The highest BCUT2D eigenvalue weighted by atomic mass is 14.5.